The maximum atomic E-state index is 12.7. The third-order valence-electron chi connectivity index (χ3n) is 2.91. The Kier molecular flexibility index (Phi) is 4.47. The zero-order valence-electron chi connectivity index (χ0n) is 10.0. The number of nitrogens with zero attached hydrogens (tertiary/aromatic N) is 1. The van der Waals surface area contributed by atoms with Crippen LogP contribution in [-0.4, -0.2) is 23.9 Å². The number of halogens is 1. The molecule has 0 radical (unpaired) electrons. The van der Waals surface area contributed by atoms with Gasteiger partial charge in [-0.2, -0.15) is 0 Å². The normalized spacial score (nSPS) is 12.2. The van der Waals surface area contributed by atoms with Crippen LogP contribution >= 0.6 is 0 Å². The number of amides is 1. The standard InChI is InChI=1S/C13H18FNO/c1-4-10(2)15(3)13(16)9-11-5-7-12(14)8-6-11/h5-8,10H,4,9H2,1-3H3. The Balaban J connectivity index is 2.60. The zero-order valence-corrected chi connectivity index (χ0v) is 10.0. The van der Waals surface area contributed by atoms with Crippen LogP contribution in [0, 0.1) is 5.82 Å². The van der Waals surface area contributed by atoms with Gasteiger partial charge in [-0.15, -0.1) is 0 Å². The van der Waals surface area contributed by atoms with Crippen molar-refractivity contribution in [3.8, 4) is 0 Å². The number of benzene rings is 1. The van der Waals surface area contributed by atoms with Gasteiger partial charge in [0.15, 0.2) is 0 Å². The first-order valence-electron chi connectivity index (χ1n) is 5.54. The van der Waals surface area contributed by atoms with Crippen LogP contribution in [-0.2, 0) is 11.2 Å². The van der Waals surface area contributed by atoms with E-state index in [4.69, 9.17) is 0 Å². The predicted octanol–water partition coefficient (Wildman–Crippen LogP) is 2.63. The van der Waals surface area contributed by atoms with Gasteiger partial charge >= 0.3 is 0 Å². The molecule has 1 unspecified atom stereocenters. The van der Waals surface area contributed by atoms with Crippen molar-refractivity contribution in [1.29, 1.82) is 0 Å². The van der Waals surface area contributed by atoms with E-state index in [2.05, 4.69) is 0 Å². The van der Waals surface area contributed by atoms with E-state index in [1.54, 1.807) is 24.1 Å². The smallest absolute Gasteiger partial charge is 0.226 e. The maximum absolute atomic E-state index is 12.7. The molecule has 88 valence electrons. The highest BCUT2D eigenvalue weighted by Crippen LogP contribution is 2.07. The van der Waals surface area contributed by atoms with Gasteiger partial charge in [0.2, 0.25) is 5.91 Å². The van der Waals surface area contributed by atoms with Crippen molar-refractivity contribution in [3.63, 3.8) is 0 Å². The van der Waals surface area contributed by atoms with Crippen molar-refractivity contribution in [2.24, 2.45) is 0 Å². The summed E-state index contributed by atoms with van der Waals surface area (Å²) in [6, 6.07) is 6.31. The van der Waals surface area contributed by atoms with Gasteiger partial charge in [0.05, 0.1) is 6.42 Å². The summed E-state index contributed by atoms with van der Waals surface area (Å²) in [5, 5.41) is 0. The van der Waals surface area contributed by atoms with Gasteiger partial charge in [-0.1, -0.05) is 19.1 Å². The van der Waals surface area contributed by atoms with E-state index < -0.39 is 0 Å². The second-order valence-corrected chi connectivity index (χ2v) is 4.07. The summed E-state index contributed by atoms with van der Waals surface area (Å²) in [5.74, 6) is -0.201. The third kappa shape index (κ3) is 3.33. The summed E-state index contributed by atoms with van der Waals surface area (Å²) in [6.07, 6.45) is 1.27. The number of carbonyl (C=O) groups is 1. The molecular formula is C13H18FNO. The highest BCUT2D eigenvalue weighted by atomic mass is 19.1. The number of likely N-dealkylation sites (N-methyl/N-ethyl adjacent to an activating group) is 1. The average molecular weight is 223 g/mol. The van der Waals surface area contributed by atoms with E-state index in [9.17, 15) is 9.18 Å². The Labute approximate surface area is 96.1 Å². The maximum Gasteiger partial charge on any atom is 0.226 e. The molecule has 2 nitrogen and oxygen atoms in total. The molecule has 1 rings (SSSR count). The Hall–Kier alpha value is -1.38. The Bertz CT molecular complexity index is 347. The van der Waals surface area contributed by atoms with E-state index >= 15 is 0 Å². The summed E-state index contributed by atoms with van der Waals surface area (Å²) < 4.78 is 12.7. The van der Waals surface area contributed by atoms with Crippen molar-refractivity contribution in [1.82, 2.24) is 4.90 Å². The monoisotopic (exact) mass is 223 g/mol. The predicted molar refractivity (Wildman–Crippen MR) is 62.6 cm³/mol. The van der Waals surface area contributed by atoms with Crippen LogP contribution < -0.4 is 0 Å². The SMILES string of the molecule is CCC(C)N(C)C(=O)Cc1ccc(F)cc1. The van der Waals surface area contributed by atoms with Crippen LogP contribution in [0.5, 0.6) is 0 Å². The summed E-state index contributed by atoms with van der Waals surface area (Å²) in [7, 11) is 1.81. The molecule has 0 aromatic heterocycles. The molecule has 0 saturated heterocycles. The summed E-state index contributed by atoms with van der Waals surface area (Å²) >= 11 is 0. The van der Waals surface area contributed by atoms with Gasteiger partial charge in [-0.05, 0) is 31.0 Å². The van der Waals surface area contributed by atoms with Crippen LogP contribution in [0.25, 0.3) is 0 Å². The molecule has 1 amide bonds. The highest BCUT2D eigenvalue weighted by molar-refractivity contribution is 5.78. The Morgan fingerprint density at radius 3 is 2.44 bits per heavy atom. The second-order valence-electron chi connectivity index (χ2n) is 4.07. The molecule has 0 bridgehead atoms. The molecule has 0 aliphatic rings. The van der Waals surface area contributed by atoms with Gasteiger partial charge in [0.1, 0.15) is 5.82 Å². The molecule has 16 heavy (non-hydrogen) atoms. The molecule has 1 aromatic rings. The molecule has 0 heterocycles. The first-order chi connectivity index (χ1) is 7.54. The van der Waals surface area contributed by atoms with E-state index in [0.717, 1.165) is 12.0 Å². The largest absolute Gasteiger partial charge is 0.343 e. The third-order valence-corrected chi connectivity index (χ3v) is 2.91. The lowest BCUT2D eigenvalue weighted by atomic mass is 10.1. The number of hydrogen-bond acceptors (Lipinski definition) is 1. The molecule has 1 aromatic carbocycles. The zero-order chi connectivity index (χ0) is 12.1. The van der Waals surface area contributed by atoms with Crippen molar-refractivity contribution in [2.75, 3.05) is 7.05 Å². The minimum absolute atomic E-state index is 0.0703. The molecular weight excluding hydrogens is 205 g/mol. The van der Waals surface area contributed by atoms with Crippen molar-refractivity contribution in [2.45, 2.75) is 32.7 Å². The van der Waals surface area contributed by atoms with Crippen LogP contribution in [0.3, 0.4) is 0 Å². The fourth-order valence-corrected chi connectivity index (χ4v) is 1.42. The second kappa shape index (κ2) is 5.64. The molecule has 0 aliphatic carbocycles. The van der Waals surface area contributed by atoms with Crippen molar-refractivity contribution < 1.29 is 9.18 Å². The fraction of sp³-hybridized carbons (Fsp3) is 0.462. The summed E-state index contributed by atoms with van der Waals surface area (Å²) in [4.78, 5) is 13.6. The van der Waals surface area contributed by atoms with Crippen molar-refractivity contribution in [3.05, 3.63) is 35.6 Å². The van der Waals surface area contributed by atoms with E-state index in [1.807, 2.05) is 13.8 Å². The lowest BCUT2D eigenvalue weighted by Crippen LogP contribution is -2.35. The van der Waals surface area contributed by atoms with Gasteiger partial charge in [-0.3, -0.25) is 4.79 Å². The summed E-state index contributed by atoms with van der Waals surface area (Å²) in [5.41, 5.74) is 0.849. The molecule has 3 heteroatoms. The number of rotatable bonds is 4. The Morgan fingerprint density at radius 1 is 1.38 bits per heavy atom. The van der Waals surface area contributed by atoms with Crippen molar-refractivity contribution >= 4 is 5.91 Å². The van der Waals surface area contributed by atoms with Gasteiger partial charge in [0.25, 0.3) is 0 Å². The topological polar surface area (TPSA) is 20.3 Å². The van der Waals surface area contributed by atoms with Gasteiger partial charge in [0, 0.05) is 13.1 Å². The molecule has 0 N–H and O–H groups in total. The number of hydrogen-bond donors (Lipinski definition) is 0. The first-order valence-corrected chi connectivity index (χ1v) is 5.54. The minimum Gasteiger partial charge on any atom is -0.343 e. The molecule has 1 atom stereocenters. The van der Waals surface area contributed by atoms with E-state index in [1.165, 1.54) is 12.1 Å². The fourth-order valence-electron chi connectivity index (χ4n) is 1.42. The molecule has 0 aliphatic heterocycles. The molecule has 0 saturated carbocycles. The van der Waals surface area contributed by atoms with Gasteiger partial charge in [-0.25, -0.2) is 4.39 Å². The minimum atomic E-state index is -0.272. The lowest BCUT2D eigenvalue weighted by Gasteiger charge is -2.23. The van der Waals surface area contributed by atoms with Gasteiger partial charge < -0.3 is 4.90 Å². The van der Waals surface area contributed by atoms with Crippen LogP contribution in [0.4, 0.5) is 4.39 Å². The molecule has 0 fully saturated rings. The van der Waals surface area contributed by atoms with Crippen LogP contribution in [0.1, 0.15) is 25.8 Å². The highest BCUT2D eigenvalue weighted by Gasteiger charge is 2.14. The lowest BCUT2D eigenvalue weighted by molar-refractivity contribution is -0.130. The van der Waals surface area contributed by atoms with E-state index in [-0.39, 0.29) is 17.8 Å². The average Bonchev–Trinajstić information content (AvgIpc) is 2.30. The van der Waals surface area contributed by atoms with Crippen LogP contribution in [0.2, 0.25) is 0 Å². The van der Waals surface area contributed by atoms with Crippen LogP contribution in [0.15, 0.2) is 24.3 Å². The quantitative estimate of drug-likeness (QED) is 0.768. The first kappa shape index (κ1) is 12.7. The summed E-state index contributed by atoms with van der Waals surface area (Å²) in [6.45, 7) is 4.06. The Morgan fingerprint density at radius 2 is 1.94 bits per heavy atom. The van der Waals surface area contributed by atoms with E-state index in [0.29, 0.717) is 6.42 Å². The number of carbonyl (C=O) groups excluding carboxylic acids is 1. The molecule has 0 spiro atoms.